The predicted molar refractivity (Wildman–Crippen MR) is 70.9 cm³/mol. The van der Waals surface area contributed by atoms with Gasteiger partial charge in [0.25, 0.3) is 0 Å². The minimum atomic E-state index is -0.653. The number of nitrogens with zero attached hydrogens (tertiary/aromatic N) is 3. The standard InChI is InChI=1S/C11H17ClN4O2/c1-6(2)5-16(3)10-8(12)14-7(9(13)15-10)11(17)18-4/h6H,5H2,1-4H3,(H2,13,15). The van der Waals surface area contributed by atoms with Gasteiger partial charge in [-0.05, 0) is 5.92 Å². The lowest BCUT2D eigenvalue weighted by Crippen LogP contribution is -2.25. The first kappa shape index (κ1) is 14.5. The van der Waals surface area contributed by atoms with Gasteiger partial charge in [-0.3, -0.25) is 0 Å². The van der Waals surface area contributed by atoms with E-state index in [1.54, 1.807) is 0 Å². The predicted octanol–water partition coefficient (Wildman–Crippen LogP) is 1.59. The molecular formula is C11H17ClN4O2. The normalized spacial score (nSPS) is 10.6. The molecule has 0 unspecified atom stereocenters. The van der Waals surface area contributed by atoms with Crippen LogP contribution in [-0.2, 0) is 4.74 Å². The molecule has 0 fully saturated rings. The van der Waals surface area contributed by atoms with Gasteiger partial charge in [0.1, 0.15) is 0 Å². The quantitative estimate of drug-likeness (QED) is 0.839. The molecule has 2 N–H and O–H groups in total. The first-order valence-electron chi connectivity index (χ1n) is 5.49. The monoisotopic (exact) mass is 272 g/mol. The second-order valence-corrected chi connectivity index (χ2v) is 4.70. The van der Waals surface area contributed by atoms with E-state index in [0.717, 1.165) is 6.54 Å². The smallest absolute Gasteiger partial charge is 0.360 e. The van der Waals surface area contributed by atoms with Crippen molar-refractivity contribution in [2.24, 2.45) is 5.92 Å². The van der Waals surface area contributed by atoms with Crippen LogP contribution in [0.3, 0.4) is 0 Å². The number of carbonyl (C=O) groups excluding carboxylic acids is 1. The van der Waals surface area contributed by atoms with Crippen molar-refractivity contribution < 1.29 is 9.53 Å². The lowest BCUT2D eigenvalue weighted by Gasteiger charge is -2.21. The maximum absolute atomic E-state index is 11.4. The summed E-state index contributed by atoms with van der Waals surface area (Å²) in [5.74, 6) is 0.252. The SMILES string of the molecule is COC(=O)c1nc(Cl)c(N(C)CC(C)C)nc1N. The number of hydrogen-bond acceptors (Lipinski definition) is 6. The zero-order valence-corrected chi connectivity index (χ0v) is 11.7. The number of nitrogen functional groups attached to an aromatic ring is 1. The van der Waals surface area contributed by atoms with E-state index >= 15 is 0 Å². The summed E-state index contributed by atoms with van der Waals surface area (Å²) < 4.78 is 4.54. The third-order valence-corrected chi connectivity index (χ3v) is 2.50. The van der Waals surface area contributed by atoms with E-state index in [9.17, 15) is 4.79 Å². The average molecular weight is 273 g/mol. The van der Waals surface area contributed by atoms with Crippen molar-refractivity contribution in [3.8, 4) is 0 Å². The van der Waals surface area contributed by atoms with Crippen LogP contribution in [0.4, 0.5) is 11.6 Å². The highest BCUT2D eigenvalue weighted by molar-refractivity contribution is 6.32. The Morgan fingerprint density at radius 1 is 1.50 bits per heavy atom. The fraction of sp³-hybridized carbons (Fsp3) is 0.545. The zero-order valence-electron chi connectivity index (χ0n) is 10.9. The van der Waals surface area contributed by atoms with Crippen molar-refractivity contribution in [2.75, 3.05) is 31.3 Å². The Balaban J connectivity index is 3.10. The van der Waals surface area contributed by atoms with E-state index in [1.807, 2.05) is 11.9 Å². The minimum absolute atomic E-state index is 0.0110. The topological polar surface area (TPSA) is 81.3 Å². The first-order valence-corrected chi connectivity index (χ1v) is 5.87. The molecule has 7 heteroatoms. The maximum Gasteiger partial charge on any atom is 0.360 e. The van der Waals surface area contributed by atoms with Crippen LogP contribution in [0, 0.1) is 5.92 Å². The van der Waals surface area contributed by atoms with Gasteiger partial charge in [-0.2, -0.15) is 0 Å². The number of hydrogen-bond donors (Lipinski definition) is 1. The van der Waals surface area contributed by atoms with Crippen LogP contribution in [0.25, 0.3) is 0 Å². The molecule has 0 radical (unpaired) electrons. The molecule has 0 aliphatic heterocycles. The Hall–Kier alpha value is -1.56. The molecule has 0 saturated carbocycles. The molecule has 0 aliphatic carbocycles. The number of aromatic nitrogens is 2. The van der Waals surface area contributed by atoms with Crippen LogP contribution in [-0.4, -0.2) is 36.6 Å². The second-order valence-electron chi connectivity index (χ2n) is 4.34. The number of anilines is 2. The summed E-state index contributed by atoms with van der Waals surface area (Å²) in [5, 5.41) is 0.132. The highest BCUT2D eigenvalue weighted by Crippen LogP contribution is 2.24. The summed E-state index contributed by atoms with van der Waals surface area (Å²) in [6, 6.07) is 0. The van der Waals surface area contributed by atoms with E-state index in [1.165, 1.54) is 7.11 Å². The van der Waals surface area contributed by atoms with Crippen molar-refractivity contribution in [3.05, 3.63) is 10.8 Å². The highest BCUT2D eigenvalue weighted by atomic mass is 35.5. The molecular weight excluding hydrogens is 256 g/mol. The summed E-state index contributed by atoms with van der Waals surface area (Å²) in [7, 11) is 3.09. The molecule has 1 aromatic heterocycles. The van der Waals surface area contributed by atoms with Crippen LogP contribution in [0.15, 0.2) is 0 Å². The second kappa shape index (κ2) is 5.86. The van der Waals surface area contributed by atoms with Gasteiger partial charge in [-0.25, -0.2) is 14.8 Å². The van der Waals surface area contributed by atoms with Crippen molar-refractivity contribution in [3.63, 3.8) is 0 Å². The Morgan fingerprint density at radius 2 is 2.11 bits per heavy atom. The number of esters is 1. The summed E-state index contributed by atoms with van der Waals surface area (Å²) in [5.41, 5.74) is 5.61. The molecule has 0 spiro atoms. The molecule has 0 aromatic carbocycles. The van der Waals surface area contributed by atoms with Crippen LogP contribution < -0.4 is 10.6 Å². The van der Waals surface area contributed by atoms with E-state index in [4.69, 9.17) is 17.3 Å². The molecule has 0 amide bonds. The largest absolute Gasteiger partial charge is 0.464 e. The zero-order chi connectivity index (χ0) is 13.9. The van der Waals surface area contributed by atoms with Gasteiger partial charge >= 0.3 is 5.97 Å². The number of methoxy groups -OCH3 is 1. The van der Waals surface area contributed by atoms with Crippen molar-refractivity contribution in [1.29, 1.82) is 0 Å². The maximum atomic E-state index is 11.4. The summed E-state index contributed by atoms with van der Waals surface area (Å²) in [6.07, 6.45) is 0. The summed E-state index contributed by atoms with van der Waals surface area (Å²) in [4.78, 5) is 21.2. The van der Waals surface area contributed by atoms with E-state index < -0.39 is 5.97 Å². The summed E-state index contributed by atoms with van der Waals surface area (Å²) >= 11 is 6.00. The van der Waals surface area contributed by atoms with Crippen molar-refractivity contribution >= 4 is 29.2 Å². The molecule has 0 aliphatic rings. The van der Waals surface area contributed by atoms with Crippen molar-refractivity contribution in [2.45, 2.75) is 13.8 Å². The Labute approximate surface area is 111 Å². The Morgan fingerprint density at radius 3 is 2.61 bits per heavy atom. The van der Waals surface area contributed by atoms with Crippen molar-refractivity contribution in [1.82, 2.24) is 9.97 Å². The molecule has 0 bridgehead atoms. The molecule has 0 saturated heterocycles. The van der Waals surface area contributed by atoms with Gasteiger partial charge in [0.05, 0.1) is 7.11 Å². The van der Waals surface area contributed by atoms with Gasteiger partial charge in [-0.15, -0.1) is 0 Å². The Bertz CT molecular complexity index is 451. The number of halogens is 1. The molecule has 1 heterocycles. The fourth-order valence-electron chi connectivity index (χ4n) is 1.54. The molecule has 1 rings (SSSR count). The molecule has 100 valence electrons. The molecule has 18 heavy (non-hydrogen) atoms. The summed E-state index contributed by atoms with van der Waals surface area (Å²) in [6.45, 7) is 4.90. The van der Waals surface area contributed by atoms with E-state index in [2.05, 4.69) is 28.6 Å². The van der Waals surface area contributed by atoms with Gasteiger partial charge in [0.15, 0.2) is 22.5 Å². The number of ether oxygens (including phenoxy) is 1. The molecule has 0 atom stereocenters. The Kier molecular flexibility index (Phi) is 4.72. The fourth-order valence-corrected chi connectivity index (χ4v) is 1.81. The number of carbonyl (C=O) groups is 1. The van der Waals surface area contributed by atoms with Gasteiger partial charge in [0, 0.05) is 13.6 Å². The van der Waals surface area contributed by atoms with Gasteiger partial charge < -0.3 is 15.4 Å². The number of rotatable bonds is 4. The van der Waals surface area contributed by atoms with Crippen LogP contribution >= 0.6 is 11.6 Å². The minimum Gasteiger partial charge on any atom is -0.464 e. The van der Waals surface area contributed by atoms with Crippen LogP contribution in [0.5, 0.6) is 0 Å². The van der Waals surface area contributed by atoms with E-state index in [0.29, 0.717) is 11.7 Å². The van der Waals surface area contributed by atoms with E-state index in [-0.39, 0.29) is 16.7 Å². The highest BCUT2D eigenvalue weighted by Gasteiger charge is 2.19. The van der Waals surface area contributed by atoms with Gasteiger partial charge in [-0.1, -0.05) is 25.4 Å². The van der Waals surface area contributed by atoms with Crippen LogP contribution in [0.1, 0.15) is 24.3 Å². The van der Waals surface area contributed by atoms with Gasteiger partial charge in [0.2, 0.25) is 0 Å². The average Bonchev–Trinajstić information content (AvgIpc) is 2.29. The van der Waals surface area contributed by atoms with Crippen LogP contribution in [0.2, 0.25) is 5.15 Å². The lowest BCUT2D eigenvalue weighted by atomic mass is 10.2. The molecule has 6 nitrogen and oxygen atoms in total. The molecule has 1 aromatic rings. The first-order chi connectivity index (χ1) is 8.36. The number of nitrogens with two attached hydrogens (primary N) is 1. The third-order valence-electron chi connectivity index (χ3n) is 2.24. The lowest BCUT2D eigenvalue weighted by molar-refractivity contribution is 0.0595. The third kappa shape index (κ3) is 3.22.